The lowest BCUT2D eigenvalue weighted by Crippen LogP contribution is -2.37. The second kappa shape index (κ2) is 6.75. The number of fused-ring (bicyclic) bond motifs is 1. The molecule has 0 unspecified atom stereocenters. The van der Waals surface area contributed by atoms with Crippen LogP contribution < -0.4 is 10.1 Å². The number of carbonyl (C=O) groups is 1. The van der Waals surface area contributed by atoms with Crippen LogP contribution in [0, 0.1) is 0 Å². The molecule has 0 saturated heterocycles. The van der Waals surface area contributed by atoms with Crippen molar-refractivity contribution in [1.82, 2.24) is 25.1 Å². The minimum Gasteiger partial charge on any atom is -0.478 e. The SMILES string of the molecule is CCOc1ncnc2c1CN(CC(=O)Nc1nncs1)CC2. The van der Waals surface area contributed by atoms with E-state index in [4.69, 9.17) is 4.74 Å². The van der Waals surface area contributed by atoms with E-state index in [1.807, 2.05) is 11.8 Å². The first-order valence-corrected chi connectivity index (χ1v) is 7.88. The highest BCUT2D eigenvalue weighted by molar-refractivity contribution is 7.13. The summed E-state index contributed by atoms with van der Waals surface area (Å²) >= 11 is 1.30. The van der Waals surface area contributed by atoms with Gasteiger partial charge in [0.25, 0.3) is 0 Å². The standard InChI is InChI=1S/C13H16N6O2S/c1-2-21-12-9-5-19(4-3-10(9)14-7-15-12)6-11(20)17-13-18-16-8-22-13/h7-8H,2-6H2,1H3,(H,17,18,20). The summed E-state index contributed by atoms with van der Waals surface area (Å²) in [4.78, 5) is 22.6. The average Bonchev–Trinajstić information content (AvgIpc) is 3.01. The molecule has 9 heteroatoms. The van der Waals surface area contributed by atoms with E-state index in [0.29, 0.717) is 30.7 Å². The highest BCUT2D eigenvalue weighted by Crippen LogP contribution is 2.24. The predicted molar refractivity (Wildman–Crippen MR) is 80.7 cm³/mol. The number of hydrogen-bond acceptors (Lipinski definition) is 8. The van der Waals surface area contributed by atoms with Gasteiger partial charge in [0, 0.05) is 25.1 Å². The van der Waals surface area contributed by atoms with E-state index in [1.54, 1.807) is 5.51 Å². The molecule has 1 aliphatic heterocycles. The molecule has 2 aromatic heterocycles. The van der Waals surface area contributed by atoms with Gasteiger partial charge in [-0.05, 0) is 6.92 Å². The van der Waals surface area contributed by atoms with Gasteiger partial charge >= 0.3 is 0 Å². The first-order chi connectivity index (χ1) is 10.8. The van der Waals surface area contributed by atoms with Crippen LogP contribution in [0.3, 0.4) is 0 Å². The molecular weight excluding hydrogens is 304 g/mol. The number of aromatic nitrogens is 4. The van der Waals surface area contributed by atoms with Gasteiger partial charge in [-0.1, -0.05) is 11.3 Å². The molecule has 0 bridgehead atoms. The van der Waals surface area contributed by atoms with Crippen LogP contribution in [0.4, 0.5) is 5.13 Å². The Bertz CT molecular complexity index is 648. The largest absolute Gasteiger partial charge is 0.478 e. The van der Waals surface area contributed by atoms with Crippen molar-refractivity contribution in [2.45, 2.75) is 19.9 Å². The number of anilines is 1. The second-order valence-electron chi connectivity index (χ2n) is 4.79. The van der Waals surface area contributed by atoms with Crippen LogP contribution in [-0.4, -0.2) is 50.7 Å². The molecule has 0 aliphatic carbocycles. The molecule has 116 valence electrons. The van der Waals surface area contributed by atoms with Crippen LogP contribution >= 0.6 is 11.3 Å². The summed E-state index contributed by atoms with van der Waals surface area (Å²) < 4.78 is 5.55. The molecule has 3 rings (SSSR count). The first-order valence-electron chi connectivity index (χ1n) is 7.00. The van der Waals surface area contributed by atoms with Crippen molar-refractivity contribution in [1.29, 1.82) is 0 Å². The van der Waals surface area contributed by atoms with Gasteiger partial charge in [-0.15, -0.1) is 10.2 Å². The summed E-state index contributed by atoms with van der Waals surface area (Å²) in [5, 5.41) is 10.7. The fourth-order valence-electron chi connectivity index (χ4n) is 2.36. The van der Waals surface area contributed by atoms with Gasteiger partial charge in [0.1, 0.15) is 11.8 Å². The van der Waals surface area contributed by atoms with Gasteiger partial charge in [0.15, 0.2) is 0 Å². The van der Waals surface area contributed by atoms with E-state index in [1.165, 1.54) is 17.7 Å². The third-order valence-corrected chi connectivity index (χ3v) is 3.90. The number of rotatable bonds is 5. The van der Waals surface area contributed by atoms with Crippen molar-refractivity contribution in [3.05, 3.63) is 23.1 Å². The van der Waals surface area contributed by atoms with Gasteiger partial charge in [-0.2, -0.15) is 0 Å². The van der Waals surface area contributed by atoms with E-state index in [0.717, 1.165) is 24.2 Å². The normalized spacial score (nSPS) is 14.4. The molecule has 0 radical (unpaired) electrons. The smallest absolute Gasteiger partial charge is 0.240 e. The minimum absolute atomic E-state index is 0.102. The molecule has 22 heavy (non-hydrogen) atoms. The van der Waals surface area contributed by atoms with Crippen molar-refractivity contribution >= 4 is 22.4 Å². The molecule has 8 nitrogen and oxygen atoms in total. The Labute approximate surface area is 131 Å². The van der Waals surface area contributed by atoms with Crippen molar-refractivity contribution in [2.24, 2.45) is 0 Å². The summed E-state index contributed by atoms with van der Waals surface area (Å²) in [6.07, 6.45) is 2.31. The highest BCUT2D eigenvalue weighted by atomic mass is 32.1. The lowest BCUT2D eigenvalue weighted by molar-refractivity contribution is -0.117. The summed E-state index contributed by atoms with van der Waals surface area (Å²) in [7, 11) is 0. The predicted octanol–water partition coefficient (Wildman–Crippen LogP) is 0.724. The van der Waals surface area contributed by atoms with Crippen LogP contribution in [0.15, 0.2) is 11.8 Å². The van der Waals surface area contributed by atoms with Crippen LogP contribution in [0.2, 0.25) is 0 Å². The van der Waals surface area contributed by atoms with E-state index in [9.17, 15) is 4.79 Å². The Morgan fingerprint density at radius 2 is 2.41 bits per heavy atom. The zero-order valence-electron chi connectivity index (χ0n) is 12.2. The van der Waals surface area contributed by atoms with Gasteiger partial charge in [0.05, 0.1) is 18.8 Å². The number of nitrogens with one attached hydrogen (secondary N) is 1. The number of nitrogens with zero attached hydrogens (tertiary/aromatic N) is 5. The third kappa shape index (κ3) is 3.37. The summed E-state index contributed by atoms with van der Waals surface area (Å²) in [5.41, 5.74) is 3.55. The lowest BCUT2D eigenvalue weighted by Gasteiger charge is -2.27. The molecule has 0 spiro atoms. The maximum Gasteiger partial charge on any atom is 0.240 e. The monoisotopic (exact) mass is 320 g/mol. The van der Waals surface area contributed by atoms with Gasteiger partial charge < -0.3 is 4.74 Å². The summed E-state index contributed by atoms with van der Waals surface area (Å²) in [6, 6.07) is 0. The van der Waals surface area contributed by atoms with Gasteiger partial charge in [-0.3, -0.25) is 15.0 Å². The highest BCUT2D eigenvalue weighted by Gasteiger charge is 2.23. The fourth-order valence-corrected chi connectivity index (χ4v) is 2.82. The van der Waals surface area contributed by atoms with Crippen molar-refractivity contribution in [3.63, 3.8) is 0 Å². The van der Waals surface area contributed by atoms with Crippen molar-refractivity contribution in [3.8, 4) is 5.88 Å². The van der Waals surface area contributed by atoms with Crippen molar-refractivity contribution < 1.29 is 9.53 Å². The average molecular weight is 320 g/mol. The van der Waals surface area contributed by atoms with E-state index >= 15 is 0 Å². The third-order valence-electron chi connectivity index (χ3n) is 3.30. The number of ether oxygens (including phenoxy) is 1. The summed E-state index contributed by atoms with van der Waals surface area (Å²) in [5.74, 6) is 0.511. The second-order valence-corrected chi connectivity index (χ2v) is 5.62. The quantitative estimate of drug-likeness (QED) is 0.867. The number of amides is 1. The molecule has 1 N–H and O–H groups in total. The maximum absolute atomic E-state index is 12.0. The molecule has 2 aromatic rings. The van der Waals surface area contributed by atoms with Crippen LogP contribution in [0.25, 0.3) is 0 Å². The molecule has 1 amide bonds. The minimum atomic E-state index is -0.102. The van der Waals surface area contributed by atoms with E-state index in [-0.39, 0.29) is 5.91 Å². The molecule has 1 aliphatic rings. The number of hydrogen-bond donors (Lipinski definition) is 1. The molecule has 0 saturated carbocycles. The Morgan fingerprint density at radius 1 is 1.50 bits per heavy atom. The molecule has 0 atom stereocenters. The van der Waals surface area contributed by atoms with Gasteiger partial charge in [0.2, 0.25) is 16.9 Å². The summed E-state index contributed by atoms with van der Waals surface area (Å²) in [6.45, 7) is 4.15. The van der Waals surface area contributed by atoms with E-state index < -0.39 is 0 Å². The Hall–Kier alpha value is -2.13. The topological polar surface area (TPSA) is 93.1 Å². The molecule has 0 fully saturated rings. The maximum atomic E-state index is 12.0. The Morgan fingerprint density at radius 3 is 3.18 bits per heavy atom. The van der Waals surface area contributed by atoms with Crippen LogP contribution in [-0.2, 0) is 17.8 Å². The van der Waals surface area contributed by atoms with Crippen LogP contribution in [0.5, 0.6) is 5.88 Å². The van der Waals surface area contributed by atoms with Crippen molar-refractivity contribution in [2.75, 3.05) is 25.0 Å². The first kappa shape index (κ1) is 14.8. The molecule has 0 aromatic carbocycles. The van der Waals surface area contributed by atoms with E-state index in [2.05, 4.69) is 25.5 Å². The zero-order valence-corrected chi connectivity index (χ0v) is 13.0. The number of carbonyl (C=O) groups excluding carboxylic acids is 1. The molecule has 3 heterocycles. The van der Waals surface area contributed by atoms with Gasteiger partial charge in [-0.25, -0.2) is 9.97 Å². The lowest BCUT2D eigenvalue weighted by atomic mass is 10.1. The molecular formula is C13H16N6O2S. The Balaban J connectivity index is 1.64. The zero-order chi connectivity index (χ0) is 15.4. The fraction of sp³-hybridized carbons (Fsp3) is 0.462. The van der Waals surface area contributed by atoms with Crippen LogP contribution in [0.1, 0.15) is 18.2 Å². The Kier molecular flexibility index (Phi) is 4.54.